The zero-order valence-electron chi connectivity index (χ0n) is 28.9. The van der Waals surface area contributed by atoms with Crippen LogP contribution >= 0.6 is 15.9 Å². The second kappa shape index (κ2) is 20.4. The fraction of sp³-hybridized carbons (Fsp3) is 0.476. The van der Waals surface area contributed by atoms with Crippen molar-refractivity contribution in [3.63, 3.8) is 0 Å². The molecular formula is C42H57BrN2Sn. The van der Waals surface area contributed by atoms with Crippen LogP contribution in [-0.4, -0.2) is 28.3 Å². The van der Waals surface area contributed by atoms with Gasteiger partial charge < -0.3 is 0 Å². The van der Waals surface area contributed by atoms with Gasteiger partial charge in [-0.05, 0) is 91.8 Å². The van der Waals surface area contributed by atoms with Crippen molar-refractivity contribution < 1.29 is 0 Å². The monoisotopic (exact) mass is 788 g/mol. The predicted molar refractivity (Wildman–Crippen MR) is 206 cm³/mol. The number of rotatable bonds is 11. The van der Waals surface area contributed by atoms with Gasteiger partial charge in [0, 0.05) is 16.2 Å². The summed E-state index contributed by atoms with van der Waals surface area (Å²) in [7, 11) is 0. The first-order chi connectivity index (χ1) is 22.6. The maximum Gasteiger partial charge on any atom is 0.0704 e. The molecule has 2 aromatic carbocycles. The van der Waals surface area contributed by atoms with Gasteiger partial charge in [-0.15, -0.1) is 0 Å². The summed E-state index contributed by atoms with van der Waals surface area (Å²) >= 11 is 1.37. The van der Waals surface area contributed by atoms with Crippen molar-refractivity contribution in [1.82, 2.24) is 9.97 Å². The quantitative estimate of drug-likeness (QED) is 0.142. The van der Waals surface area contributed by atoms with E-state index in [1.807, 2.05) is 18.5 Å². The third-order valence-corrected chi connectivity index (χ3v) is 25.8. The number of aryl methyl sites for hydroxylation is 2. The van der Waals surface area contributed by atoms with Crippen molar-refractivity contribution in [2.24, 2.45) is 0 Å². The Morgan fingerprint density at radius 1 is 0.565 bits per heavy atom. The standard InChI is InChI=1S/C15H15N.C10H11Br.C5H4N.3C4H9.Sn/c1-2-8-13-12(6-1)7-5-9-14(13)15-10-3-4-11-16-15;11-10-7-3-5-8-4-1-2-6-9(8)10;1-2-4-6-5-3-1;3*1-3-4-2;/h3-5,7,9-11H,1-2,6,8H2;3,5,7H,1-2,4,6H2;1-4H;3*1,3-4H2,2H3;. The average molecular weight is 789 g/mol. The molecule has 0 amide bonds. The summed E-state index contributed by atoms with van der Waals surface area (Å²) in [5, 5.41) is 0. The van der Waals surface area contributed by atoms with Gasteiger partial charge in [0.25, 0.3) is 0 Å². The van der Waals surface area contributed by atoms with Crippen molar-refractivity contribution in [3.8, 4) is 11.3 Å². The van der Waals surface area contributed by atoms with E-state index < -0.39 is 18.4 Å². The molecule has 0 saturated carbocycles. The number of unbranched alkanes of at least 4 members (excludes halogenated alkanes) is 3. The van der Waals surface area contributed by atoms with Crippen molar-refractivity contribution in [2.45, 2.75) is 124 Å². The van der Waals surface area contributed by atoms with Gasteiger partial charge in [0.15, 0.2) is 0 Å². The number of aromatic nitrogens is 2. The summed E-state index contributed by atoms with van der Waals surface area (Å²) in [6, 6.07) is 25.9. The summed E-state index contributed by atoms with van der Waals surface area (Å²) in [5.74, 6) is 0. The largest absolute Gasteiger partial charge is 0.256 e. The van der Waals surface area contributed by atoms with E-state index in [2.05, 4.69) is 108 Å². The van der Waals surface area contributed by atoms with E-state index in [1.165, 1.54) is 124 Å². The Labute approximate surface area is 293 Å². The number of hydrogen-bond donors (Lipinski definition) is 0. The van der Waals surface area contributed by atoms with Crippen LogP contribution < -0.4 is 3.71 Å². The minimum Gasteiger partial charge on any atom is -0.256 e. The van der Waals surface area contributed by atoms with Crippen molar-refractivity contribution in [1.29, 1.82) is 0 Å². The van der Waals surface area contributed by atoms with Crippen molar-refractivity contribution in [2.75, 3.05) is 0 Å². The van der Waals surface area contributed by atoms with Crippen LogP contribution in [0.2, 0.25) is 13.3 Å². The van der Waals surface area contributed by atoms with Crippen LogP contribution in [0.4, 0.5) is 0 Å². The van der Waals surface area contributed by atoms with Crippen LogP contribution in [0.15, 0.2) is 89.7 Å². The fourth-order valence-corrected chi connectivity index (χ4v) is 23.3. The van der Waals surface area contributed by atoms with Crippen LogP contribution in [-0.2, 0) is 25.7 Å². The molecular weight excluding hydrogens is 731 g/mol. The van der Waals surface area contributed by atoms with Crippen LogP contribution in [0, 0.1) is 0 Å². The topological polar surface area (TPSA) is 25.8 Å². The Morgan fingerprint density at radius 3 is 1.65 bits per heavy atom. The normalized spacial score (nSPS) is 13.7. The molecule has 2 aliphatic rings. The molecule has 46 heavy (non-hydrogen) atoms. The predicted octanol–water partition coefficient (Wildman–Crippen LogP) is 12.1. The second-order valence-corrected chi connectivity index (χ2v) is 27.2. The number of hydrogen-bond acceptors (Lipinski definition) is 2. The fourth-order valence-electron chi connectivity index (χ4n) is 7.26. The van der Waals surface area contributed by atoms with Gasteiger partial charge in [-0.2, -0.15) is 0 Å². The van der Waals surface area contributed by atoms with Gasteiger partial charge >= 0.3 is 124 Å². The molecule has 2 nitrogen and oxygen atoms in total. The SMILES string of the molecule is Brc1cccc2c1CCCC2.CCC[CH2][Sn]([CH2]CCC)([CH2]CCC)[c]1ccccn1.c1ccc(-c2cccc3c2CCCC3)nc1. The Hall–Kier alpha value is -1.98. The van der Waals surface area contributed by atoms with Crippen LogP contribution in [0.25, 0.3) is 11.3 Å². The van der Waals surface area contributed by atoms with E-state index in [-0.39, 0.29) is 0 Å². The molecule has 2 heterocycles. The Kier molecular flexibility index (Phi) is 16.3. The molecule has 0 spiro atoms. The van der Waals surface area contributed by atoms with Gasteiger partial charge in [-0.3, -0.25) is 4.98 Å². The average Bonchev–Trinajstić information content (AvgIpc) is 3.13. The molecule has 2 aliphatic carbocycles. The van der Waals surface area contributed by atoms with E-state index in [4.69, 9.17) is 4.98 Å². The van der Waals surface area contributed by atoms with E-state index in [1.54, 1.807) is 14.8 Å². The minimum absolute atomic E-state index is 1.11. The first-order valence-electron chi connectivity index (χ1n) is 18.3. The molecule has 6 rings (SSSR count). The molecule has 0 aliphatic heterocycles. The van der Waals surface area contributed by atoms with Gasteiger partial charge in [-0.1, -0.05) is 52.3 Å². The summed E-state index contributed by atoms with van der Waals surface area (Å²) in [6.45, 7) is 6.98. The van der Waals surface area contributed by atoms with Crippen LogP contribution in [0.3, 0.4) is 0 Å². The molecule has 246 valence electrons. The van der Waals surface area contributed by atoms with Crippen LogP contribution in [0.5, 0.6) is 0 Å². The Morgan fingerprint density at radius 2 is 1.11 bits per heavy atom. The maximum absolute atomic E-state index is 4.80. The summed E-state index contributed by atoms with van der Waals surface area (Å²) in [5.41, 5.74) is 8.57. The smallest absolute Gasteiger partial charge is 0.0704 e. The van der Waals surface area contributed by atoms with Crippen LogP contribution in [0.1, 0.15) is 107 Å². The molecule has 0 saturated heterocycles. The van der Waals surface area contributed by atoms with E-state index in [9.17, 15) is 0 Å². The Balaban J connectivity index is 0.000000161. The molecule has 0 N–H and O–H groups in total. The molecule has 0 radical (unpaired) electrons. The summed E-state index contributed by atoms with van der Waals surface area (Å²) in [6.07, 6.45) is 22.5. The first kappa shape index (κ1) is 36.8. The molecule has 0 atom stereocenters. The summed E-state index contributed by atoms with van der Waals surface area (Å²) in [4.78, 5) is 9.26. The van der Waals surface area contributed by atoms with Gasteiger partial charge in [0.2, 0.25) is 0 Å². The zero-order chi connectivity index (χ0) is 32.5. The third kappa shape index (κ3) is 10.8. The zero-order valence-corrected chi connectivity index (χ0v) is 33.3. The van der Waals surface area contributed by atoms with E-state index in [0.29, 0.717) is 0 Å². The number of halogens is 1. The molecule has 0 fully saturated rings. The molecule has 4 heteroatoms. The number of nitrogens with zero attached hydrogens (tertiary/aromatic N) is 2. The van der Waals surface area contributed by atoms with E-state index in [0.717, 1.165) is 5.69 Å². The number of fused-ring (bicyclic) bond motifs is 2. The molecule has 2 aromatic heterocycles. The minimum atomic E-state index is -2.21. The maximum atomic E-state index is 4.80. The first-order valence-corrected chi connectivity index (χ1v) is 26.6. The molecule has 0 unspecified atom stereocenters. The number of pyridine rings is 2. The third-order valence-electron chi connectivity index (χ3n) is 9.91. The van der Waals surface area contributed by atoms with Gasteiger partial charge in [0.1, 0.15) is 0 Å². The van der Waals surface area contributed by atoms with Gasteiger partial charge in [0.05, 0.1) is 5.69 Å². The summed E-state index contributed by atoms with van der Waals surface area (Å²) < 4.78 is 7.40. The molecule has 4 aromatic rings. The number of benzene rings is 2. The van der Waals surface area contributed by atoms with Crippen molar-refractivity contribution >= 4 is 38.0 Å². The molecule has 0 bridgehead atoms. The van der Waals surface area contributed by atoms with E-state index >= 15 is 0 Å². The second-order valence-electron chi connectivity index (χ2n) is 13.3. The van der Waals surface area contributed by atoms with Crippen molar-refractivity contribution in [3.05, 3.63) is 112 Å². The van der Waals surface area contributed by atoms with Gasteiger partial charge in [-0.25, -0.2) is 0 Å². The Bertz CT molecular complexity index is 1400.